The number of thiazole rings is 1. The largest absolute Gasteiger partial charge is 0.338 e. The number of hydrogen-bond acceptors (Lipinski definition) is 5. The molecule has 1 amide bonds. The monoisotopic (exact) mass is 483 g/mol. The second kappa shape index (κ2) is 9.17. The molecule has 0 unspecified atom stereocenters. The van der Waals surface area contributed by atoms with Crippen LogP contribution in [0.3, 0.4) is 0 Å². The Bertz CT molecular complexity index is 944. The van der Waals surface area contributed by atoms with E-state index in [1.165, 1.54) is 12.1 Å². The van der Waals surface area contributed by atoms with Gasteiger partial charge in [0.25, 0.3) is 10.0 Å². The fourth-order valence-electron chi connectivity index (χ4n) is 2.81. The van der Waals surface area contributed by atoms with E-state index >= 15 is 0 Å². The van der Waals surface area contributed by atoms with Crippen LogP contribution in [0.4, 0.5) is 5.13 Å². The summed E-state index contributed by atoms with van der Waals surface area (Å²) in [6.45, 7) is 7.77. The smallest absolute Gasteiger partial charge is 0.266 e. The minimum absolute atomic E-state index is 0.0540. The lowest BCUT2D eigenvalue weighted by Gasteiger charge is -2.30. The van der Waals surface area contributed by atoms with Crippen molar-refractivity contribution in [3.63, 3.8) is 0 Å². The molecule has 0 fully saturated rings. The summed E-state index contributed by atoms with van der Waals surface area (Å²) in [6, 6.07) is 2.70. The van der Waals surface area contributed by atoms with E-state index in [4.69, 9.17) is 34.8 Å². The van der Waals surface area contributed by atoms with Gasteiger partial charge >= 0.3 is 0 Å². The van der Waals surface area contributed by atoms with Gasteiger partial charge in [0.2, 0.25) is 5.91 Å². The molecule has 0 bridgehead atoms. The van der Waals surface area contributed by atoms with Gasteiger partial charge in [0.05, 0.1) is 22.2 Å². The quantitative estimate of drug-likeness (QED) is 0.593. The van der Waals surface area contributed by atoms with Crippen LogP contribution < -0.4 is 4.72 Å². The van der Waals surface area contributed by atoms with Gasteiger partial charge < -0.3 is 4.90 Å². The SMILES string of the molecule is CC(C)N(C(=O)Cc1csc(NS(=O)(=O)c2c(Cl)cc(Cl)cc2Cl)n1)C(C)C. The molecule has 0 aliphatic heterocycles. The number of benzene rings is 1. The van der Waals surface area contributed by atoms with Crippen LogP contribution in [-0.4, -0.2) is 36.3 Å². The zero-order valence-electron chi connectivity index (χ0n) is 15.7. The van der Waals surface area contributed by atoms with Crippen LogP contribution in [-0.2, 0) is 21.2 Å². The van der Waals surface area contributed by atoms with Crippen molar-refractivity contribution in [3.8, 4) is 0 Å². The Labute approximate surface area is 183 Å². The number of halogens is 3. The van der Waals surface area contributed by atoms with Crippen molar-refractivity contribution in [3.05, 3.63) is 38.3 Å². The third-order valence-electron chi connectivity index (χ3n) is 3.74. The van der Waals surface area contributed by atoms with Crippen LogP contribution in [0.15, 0.2) is 22.4 Å². The highest BCUT2D eigenvalue weighted by atomic mass is 35.5. The average Bonchev–Trinajstić information content (AvgIpc) is 2.90. The lowest BCUT2D eigenvalue weighted by molar-refractivity contribution is -0.134. The number of rotatable bonds is 7. The molecule has 0 aliphatic carbocycles. The van der Waals surface area contributed by atoms with Gasteiger partial charge in [-0.1, -0.05) is 34.8 Å². The molecule has 0 radical (unpaired) electrons. The molecule has 0 spiro atoms. The van der Waals surface area contributed by atoms with Crippen LogP contribution in [0.25, 0.3) is 0 Å². The average molecular weight is 485 g/mol. The molecule has 2 aromatic rings. The third-order valence-corrected chi connectivity index (χ3v) is 7.15. The third kappa shape index (κ3) is 5.51. The zero-order valence-corrected chi connectivity index (χ0v) is 19.6. The molecular weight excluding hydrogens is 465 g/mol. The van der Waals surface area contributed by atoms with Crippen LogP contribution >= 0.6 is 46.1 Å². The lowest BCUT2D eigenvalue weighted by atomic mass is 10.2. The van der Waals surface area contributed by atoms with E-state index in [1.807, 2.05) is 27.7 Å². The van der Waals surface area contributed by atoms with Crippen molar-refractivity contribution in [1.82, 2.24) is 9.88 Å². The molecule has 154 valence electrons. The molecule has 6 nitrogen and oxygen atoms in total. The van der Waals surface area contributed by atoms with E-state index in [2.05, 4.69) is 9.71 Å². The van der Waals surface area contributed by atoms with Crippen molar-refractivity contribution in [2.24, 2.45) is 0 Å². The van der Waals surface area contributed by atoms with E-state index in [1.54, 1.807) is 10.3 Å². The number of hydrogen-bond donors (Lipinski definition) is 1. The highest BCUT2D eigenvalue weighted by molar-refractivity contribution is 7.93. The number of carbonyl (C=O) groups excluding carboxylic acids is 1. The van der Waals surface area contributed by atoms with Gasteiger partial charge in [-0.3, -0.25) is 9.52 Å². The molecule has 11 heteroatoms. The molecule has 0 saturated carbocycles. The number of carbonyl (C=O) groups is 1. The molecular formula is C17H20Cl3N3O3S2. The molecule has 1 N–H and O–H groups in total. The number of anilines is 1. The molecule has 0 aliphatic rings. The summed E-state index contributed by atoms with van der Waals surface area (Å²) in [5.41, 5.74) is 0.479. The maximum atomic E-state index is 12.6. The van der Waals surface area contributed by atoms with Crippen LogP contribution in [0.2, 0.25) is 15.1 Å². The first-order valence-electron chi connectivity index (χ1n) is 8.35. The second-order valence-corrected chi connectivity index (χ2v) is 10.3. The normalized spacial score (nSPS) is 11.9. The van der Waals surface area contributed by atoms with E-state index in [0.717, 1.165) is 11.3 Å². The van der Waals surface area contributed by atoms with E-state index in [9.17, 15) is 13.2 Å². The molecule has 0 saturated heterocycles. The lowest BCUT2D eigenvalue weighted by Crippen LogP contribution is -2.42. The molecule has 1 aromatic heterocycles. The van der Waals surface area contributed by atoms with Gasteiger partial charge in [0.1, 0.15) is 4.90 Å². The van der Waals surface area contributed by atoms with E-state index < -0.39 is 10.0 Å². The van der Waals surface area contributed by atoms with Crippen molar-refractivity contribution < 1.29 is 13.2 Å². The summed E-state index contributed by atoms with van der Waals surface area (Å²) in [6.07, 6.45) is 0.0804. The first kappa shape index (κ1) is 23.2. The Kier molecular flexibility index (Phi) is 7.61. The van der Waals surface area contributed by atoms with E-state index in [-0.39, 0.29) is 49.5 Å². The number of nitrogens with one attached hydrogen (secondary N) is 1. The summed E-state index contributed by atoms with van der Waals surface area (Å²) in [5, 5.41) is 1.79. The maximum absolute atomic E-state index is 12.6. The fourth-order valence-corrected chi connectivity index (χ4v) is 6.32. The Morgan fingerprint density at radius 2 is 1.68 bits per heavy atom. The number of amides is 1. The van der Waals surface area contributed by atoms with Crippen molar-refractivity contribution >= 4 is 67.2 Å². The Morgan fingerprint density at radius 1 is 1.14 bits per heavy atom. The molecule has 0 atom stereocenters. The van der Waals surface area contributed by atoms with Gasteiger partial charge in [0.15, 0.2) is 5.13 Å². The maximum Gasteiger partial charge on any atom is 0.266 e. The summed E-state index contributed by atoms with van der Waals surface area (Å²) < 4.78 is 27.6. The first-order chi connectivity index (χ1) is 12.9. The van der Waals surface area contributed by atoms with Gasteiger partial charge in [-0.05, 0) is 39.8 Å². The van der Waals surface area contributed by atoms with Gasteiger partial charge in [-0.25, -0.2) is 13.4 Å². The molecule has 2 rings (SSSR count). The summed E-state index contributed by atoms with van der Waals surface area (Å²) in [7, 11) is -4.07. The summed E-state index contributed by atoms with van der Waals surface area (Å²) in [5.74, 6) is -0.0755. The molecule has 1 aromatic carbocycles. The predicted molar refractivity (Wildman–Crippen MR) is 115 cm³/mol. The number of sulfonamides is 1. The second-order valence-electron chi connectivity index (χ2n) is 6.61. The fraction of sp³-hybridized carbons (Fsp3) is 0.412. The number of nitrogens with zero attached hydrogens (tertiary/aromatic N) is 2. The van der Waals surface area contributed by atoms with Crippen LogP contribution in [0.5, 0.6) is 0 Å². The highest BCUT2D eigenvalue weighted by Crippen LogP contribution is 2.34. The standard InChI is InChI=1S/C17H20Cl3N3O3S2/c1-9(2)23(10(3)4)15(24)7-12-8-27-17(21-12)22-28(25,26)16-13(19)5-11(18)6-14(16)20/h5-6,8-10H,7H2,1-4H3,(H,21,22). The topological polar surface area (TPSA) is 79.4 Å². The number of aromatic nitrogens is 1. The van der Waals surface area contributed by atoms with Gasteiger partial charge in [-0.15, -0.1) is 11.3 Å². The Morgan fingerprint density at radius 3 is 2.18 bits per heavy atom. The predicted octanol–water partition coefficient (Wildman–Crippen LogP) is 5.09. The van der Waals surface area contributed by atoms with E-state index in [0.29, 0.717) is 5.69 Å². The van der Waals surface area contributed by atoms with Crippen molar-refractivity contribution in [1.29, 1.82) is 0 Å². The Balaban J connectivity index is 2.20. The van der Waals surface area contributed by atoms with Crippen LogP contribution in [0.1, 0.15) is 33.4 Å². The zero-order chi connectivity index (χ0) is 21.2. The van der Waals surface area contributed by atoms with Gasteiger partial charge in [0, 0.05) is 22.5 Å². The Hall–Kier alpha value is -1.06. The molecule has 28 heavy (non-hydrogen) atoms. The summed E-state index contributed by atoms with van der Waals surface area (Å²) in [4.78, 5) is 18.2. The van der Waals surface area contributed by atoms with Gasteiger partial charge in [-0.2, -0.15) is 0 Å². The van der Waals surface area contributed by atoms with Crippen molar-refractivity contribution in [2.75, 3.05) is 4.72 Å². The minimum atomic E-state index is -4.07. The van der Waals surface area contributed by atoms with Crippen molar-refractivity contribution in [2.45, 2.75) is 51.1 Å². The summed E-state index contributed by atoms with van der Waals surface area (Å²) >= 11 is 18.9. The molecule has 1 heterocycles. The minimum Gasteiger partial charge on any atom is -0.338 e. The highest BCUT2D eigenvalue weighted by Gasteiger charge is 2.25. The first-order valence-corrected chi connectivity index (χ1v) is 11.8. The van der Waals surface area contributed by atoms with Crippen LogP contribution in [0, 0.1) is 0 Å².